The topological polar surface area (TPSA) is 4.93 Å². The minimum Gasteiger partial charge on any atom is -0.309 e. The van der Waals surface area contributed by atoms with Gasteiger partial charge in [-0.05, 0) is 77.9 Å². The maximum atomic E-state index is 3.82. The van der Waals surface area contributed by atoms with E-state index in [1.54, 1.807) is 0 Å². The number of fused-ring (bicyclic) bond motifs is 3. The molecule has 10 aromatic rings. The molecule has 1 heterocycles. The molecular weight excluding hydrogens is 799 g/mol. The van der Waals surface area contributed by atoms with Gasteiger partial charge in [0.05, 0.1) is 11.0 Å². The summed E-state index contributed by atoms with van der Waals surface area (Å²) < 4.78 is 3.59. The molecule has 0 saturated carbocycles. The van der Waals surface area contributed by atoms with Crippen molar-refractivity contribution in [2.24, 2.45) is 0 Å². The van der Waals surface area contributed by atoms with Crippen molar-refractivity contribution in [3.8, 4) is 5.69 Å². The van der Waals surface area contributed by atoms with E-state index in [-0.39, 0.29) is 0 Å². The summed E-state index contributed by atoms with van der Waals surface area (Å²) >= 11 is 3.82. The predicted octanol–water partition coefficient (Wildman–Crippen LogP) is 8.30. The van der Waals surface area contributed by atoms with Crippen molar-refractivity contribution in [3.05, 3.63) is 247 Å². The van der Waals surface area contributed by atoms with E-state index in [0.29, 0.717) is 0 Å². The summed E-state index contributed by atoms with van der Waals surface area (Å²) in [6.45, 7) is 0. The maximum absolute atomic E-state index is 3.82. The third-order valence-electron chi connectivity index (χ3n) is 11.9. The van der Waals surface area contributed by atoms with Crippen LogP contribution in [0.5, 0.6) is 0 Å². The molecule has 1 nitrogen and oxygen atoms in total. The molecule has 58 heavy (non-hydrogen) atoms. The highest BCUT2D eigenvalue weighted by Crippen LogP contribution is 2.34. The molecule has 276 valence electrons. The van der Waals surface area contributed by atoms with Gasteiger partial charge in [0, 0.05) is 20.9 Å². The highest BCUT2D eigenvalue weighted by Gasteiger charge is 2.46. The first-order valence-electron chi connectivity index (χ1n) is 19.9. The molecular formula is C54H40BrNSi2. The van der Waals surface area contributed by atoms with E-state index in [1.807, 2.05) is 0 Å². The van der Waals surface area contributed by atoms with Crippen LogP contribution in [0.1, 0.15) is 0 Å². The van der Waals surface area contributed by atoms with Crippen molar-refractivity contribution in [3.63, 3.8) is 0 Å². The van der Waals surface area contributed by atoms with Crippen LogP contribution in [-0.2, 0) is 0 Å². The second-order valence-corrected chi connectivity index (χ2v) is 23.5. The fraction of sp³-hybridized carbons (Fsp3) is 0. The summed E-state index contributed by atoms with van der Waals surface area (Å²) in [5, 5.41) is 13.3. The molecule has 0 bridgehead atoms. The number of nitrogens with zero attached hydrogens (tertiary/aromatic N) is 1. The molecule has 0 aliphatic carbocycles. The van der Waals surface area contributed by atoms with Crippen LogP contribution in [0.4, 0.5) is 0 Å². The van der Waals surface area contributed by atoms with Crippen molar-refractivity contribution >= 4 is 95.4 Å². The highest BCUT2D eigenvalue weighted by atomic mass is 79.9. The monoisotopic (exact) mass is 837 g/mol. The van der Waals surface area contributed by atoms with Crippen molar-refractivity contribution < 1.29 is 0 Å². The average molecular weight is 839 g/mol. The van der Waals surface area contributed by atoms with Crippen LogP contribution in [0.25, 0.3) is 27.5 Å². The van der Waals surface area contributed by atoms with Gasteiger partial charge in [-0.25, -0.2) is 0 Å². The van der Waals surface area contributed by atoms with E-state index in [1.165, 1.54) is 69.0 Å². The van der Waals surface area contributed by atoms with Gasteiger partial charge in [0.2, 0.25) is 0 Å². The largest absolute Gasteiger partial charge is 0.309 e. The van der Waals surface area contributed by atoms with E-state index in [2.05, 4.69) is 263 Å². The van der Waals surface area contributed by atoms with Gasteiger partial charge in [0.1, 0.15) is 0 Å². The van der Waals surface area contributed by atoms with Gasteiger partial charge in [-0.2, -0.15) is 0 Å². The Morgan fingerprint density at radius 2 is 0.603 bits per heavy atom. The van der Waals surface area contributed by atoms with Crippen molar-refractivity contribution in [1.82, 2.24) is 4.57 Å². The Bertz CT molecular complexity index is 2650. The molecule has 0 atom stereocenters. The molecule has 0 fully saturated rings. The Labute approximate surface area is 350 Å². The third kappa shape index (κ3) is 5.87. The summed E-state index contributed by atoms with van der Waals surface area (Å²) in [5.74, 6) is 0. The van der Waals surface area contributed by atoms with Crippen LogP contribution in [0, 0.1) is 0 Å². The molecule has 0 aliphatic rings. The normalized spacial score (nSPS) is 11.9. The molecule has 4 heteroatoms. The molecule has 0 aliphatic heterocycles. The van der Waals surface area contributed by atoms with Gasteiger partial charge in [-0.3, -0.25) is 0 Å². The van der Waals surface area contributed by atoms with E-state index in [9.17, 15) is 0 Å². The van der Waals surface area contributed by atoms with Crippen molar-refractivity contribution in [2.75, 3.05) is 0 Å². The van der Waals surface area contributed by atoms with E-state index >= 15 is 0 Å². The van der Waals surface area contributed by atoms with Crippen LogP contribution < -0.4 is 41.5 Å². The maximum Gasteiger partial charge on any atom is 0.179 e. The quantitative estimate of drug-likeness (QED) is 0.102. The van der Waals surface area contributed by atoms with Gasteiger partial charge < -0.3 is 4.57 Å². The molecule has 1 aromatic heterocycles. The number of benzene rings is 9. The number of halogens is 1. The van der Waals surface area contributed by atoms with Crippen molar-refractivity contribution in [2.45, 2.75) is 0 Å². The van der Waals surface area contributed by atoms with Crippen LogP contribution in [0.3, 0.4) is 0 Å². The molecule has 0 saturated heterocycles. The summed E-state index contributed by atoms with van der Waals surface area (Å²) in [5.41, 5.74) is 3.54. The summed E-state index contributed by atoms with van der Waals surface area (Å²) in [4.78, 5) is 0. The standard InChI is InChI=1S/C54H40BrNSi2/c55-41-35-36-54-52(37-41)51-33-19-20-34-53(51)56(54)42-38-49(57(43-21-7-1-8-22-43,44-23-9-2-10-24-44)45-25-11-3-12-26-45)40-50(39-42)58(46-27-13-4-14-28-46,47-29-15-5-16-30-47)48-31-17-6-18-32-48/h1-40H. The number of hydrogen-bond donors (Lipinski definition) is 0. The van der Waals surface area contributed by atoms with E-state index in [4.69, 9.17) is 0 Å². The van der Waals surface area contributed by atoms with Gasteiger partial charge in [0.25, 0.3) is 0 Å². The molecule has 0 unspecified atom stereocenters. The molecule has 0 N–H and O–H groups in total. The molecule has 10 rings (SSSR count). The van der Waals surface area contributed by atoms with Gasteiger partial charge >= 0.3 is 0 Å². The Morgan fingerprint density at radius 3 is 0.983 bits per heavy atom. The first kappa shape index (κ1) is 36.1. The zero-order valence-electron chi connectivity index (χ0n) is 31.9. The number of aromatic nitrogens is 1. The smallest absolute Gasteiger partial charge is 0.179 e. The van der Waals surface area contributed by atoms with Crippen LogP contribution in [-0.4, -0.2) is 20.7 Å². The number of para-hydroxylation sites is 1. The lowest BCUT2D eigenvalue weighted by Gasteiger charge is -2.38. The number of rotatable bonds is 9. The second-order valence-electron chi connectivity index (χ2n) is 15.0. The summed E-state index contributed by atoms with van der Waals surface area (Å²) in [7, 11) is -6.00. The molecule has 0 spiro atoms. The zero-order chi connectivity index (χ0) is 38.9. The van der Waals surface area contributed by atoms with Gasteiger partial charge in [-0.1, -0.05) is 222 Å². The Morgan fingerprint density at radius 1 is 0.276 bits per heavy atom. The molecule has 0 radical (unpaired) electrons. The third-order valence-corrected chi connectivity index (χ3v) is 21.9. The summed E-state index contributed by atoms with van der Waals surface area (Å²) in [6, 6.07) is 91.2. The van der Waals surface area contributed by atoms with Crippen LogP contribution in [0.2, 0.25) is 0 Å². The minimum atomic E-state index is -3.00. The zero-order valence-corrected chi connectivity index (χ0v) is 35.5. The minimum absolute atomic E-state index is 1.07. The molecule has 0 amide bonds. The lowest BCUT2D eigenvalue weighted by molar-refractivity contribution is 1.19. The lowest BCUT2D eigenvalue weighted by Crippen LogP contribution is -2.78. The highest BCUT2D eigenvalue weighted by molar-refractivity contribution is 9.10. The van der Waals surface area contributed by atoms with Crippen LogP contribution in [0.15, 0.2) is 247 Å². The summed E-state index contributed by atoms with van der Waals surface area (Å²) in [6.07, 6.45) is 0. The fourth-order valence-corrected chi connectivity index (χ4v) is 19.7. The predicted molar refractivity (Wildman–Crippen MR) is 256 cm³/mol. The lowest BCUT2D eigenvalue weighted by atomic mass is 10.2. The SMILES string of the molecule is Brc1ccc2c(c1)c1ccccc1n2-c1cc([Si](c2ccccc2)(c2ccccc2)c2ccccc2)cc([Si](c2ccccc2)(c2ccccc2)c2ccccc2)c1. The van der Waals surface area contributed by atoms with Crippen LogP contribution >= 0.6 is 15.9 Å². The van der Waals surface area contributed by atoms with Gasteiger partial charge in [-0.15, -0.1) is 0 Å². The van der Waals surface area contributed by atoms with Crippen molar-refractivity contribution in [1.29, 1.82) is 0 Å². The van der Waals surface area contributed by atoms with E-state index in [0.717, 1.165) is 4.47 Å². The average Bonchev–Trinajstić information content (AvgIpc) is 3.63. The molecule has 9 aromatic carbocycles. The Hall–Kier alpha value is -6.31. The van der Waals surface area contributed by atoms with E-state index < -0.39 is 16.1 Å². The number of hydrogen-bond acceptors (Lipinski definition) is 0. The second kappa shape index (κ2) is 15.2. The Kier molecular flexibility index (Phi) is 9.46. The Balaban J connectivity index is 1.44. The first-order chi connectivity index (χ1) is 28.7. The fourth-order valence-electron chi connectivity index (χ4n) is 9.53. The first-order valence-corrected chi connectivity index (χ1v) is 24.7. The van der Waals surface area contributed by atoms with Gasteiger partial charge in [0.15, 0.2) is 16.1 Å².